The van der Waals surface area contributed by atoms with Crippen LogP contribution >= 0.6 is 22.9 Å². The SMILES string of the molecule is O=c1oc2ccc3ccccc3c2cc1-c1cn2c(n1)sc1cc(Cl)ccc12. The minimum atomic E-state index is -0.388. The van der Waals surface area contributed by atoms with Crippen LogP contribution in [0.4, 0.5) is 0 Å². The van der Waals surface area contributed by atoms with Crippen LogP contribution in [0.25, 0.3) is 48.2 Å². The molecule has 0 spiro atoms. The van der Waals surface area contributed by atoms with Crippen molar-refractivity contribution >= 4 is 59.9 Å². The van der Waals surface area contributed by atoms with E-state index in [4.69, 9.17) is 16.0 Å². The van der Waals surface area contributed by atoms with Crippen molar-refractivity contribution in [1.29, 1.82) is 0 Å². The van der Waals surface area contributed by atoms with Crippen LogP contribution in [0, 0.1) is 0 Å². The fraction of sp³-hybridized carbons (Fsp3) is 0. The summed E-state index contributed by atoms with van der Waals surface area (Å²) in [4.78, 5) is 18.1. The Morgan fingerprint density at radius 3 is 2.82 bits per heavy atom. The topological polar surface area (TPSA) is 47.5 Å². The van der Waals surface area contributed by atoms with Gasteiger partial charge in [-0.15, -0.1) is 0 Å². The maximum atomic E-state index is 12.6. The third kappa shape index (κ3) is 2.24. The summed E-state index contributed by atoms with van der Waals surface area (Å²) in [7, 11) is 0. The van der Waals surface area contributed by atoms with Gasteiger partial charge >= 0.3 is 5.63 Å². The molecule has 3 aromatic heterocycles. The number of fused-ring (bicyclic) bond motifs is 6. The average Bonchev–Trinajstić information content (AvgIpc) is 3.24. The van der Waals surface area contributed by atoms with Crippen molar-refractivity contribution in [1.82, 2.24) is 9.38 Å². The van der Waals surface area contributed by atoms with Gasteiger partial charge in [-0.25, -0.2) is 9.78 Å². The highest BCUT2D eigenvalue weighted by molar-refractivity contribution is 7.23. The minimum absolute atomic E-state index is 0.388. The quantitative estimate of drug-likeness (QED) is 0.245. The molecular formula is C22H11ClN2O2S. The summed E-state index contributed by atoms with van der Waals surface area (Å²) < 4.78 is 8.65. The van der Waals surface area contributed by atoms with Crippen molar-refractivity contribution in [2.75, 3.05) is 0 Å². The molecule has 0 saturated carbocycles. The molecule has 0 bridgehead atoms. The van der Waals surface area contributed by atoms with Crippen LogP contribution in [0.2, 0.25) is 5.02 Å². The largest absolute Gasteiger partial charge is 0.422 e. The Balaban J connectivity index is 1.64. The van der Waals surface area contributed by atoms with E-state index in [9.17, 15) is 4.79 Å². The van der Waals surface area contributed by atoms with Crippen molar-refractivity contribution in [2.45, 2.75) is 0 Å². The summed E-state index contributed by atoms with van der Waals surface area (Å²) in [6, 6.07) is 19.5. The first-order valence-electron chi connectivity index (χ1n) is 8.70. The van der Waals surface area contributed by atoms with Gasteiger partial charge in [0, 0.05) is 16.6 Å². The Labute approximate surface area is 167 Å². The summed E-state index contributed by atoms with van der Waals surface area (Å²) in [6.07, 6.45) is 1.88. The fourth-order valence-corrected chi connectivity index (χ4v) is 4.94. The molecule has 0 aliphatic heterocycles. The van der Waals surface area contributed by atoms with Gasteiger partial charge in [0.15, 0.2) is 4.96 Å². The second-order valence-corrected chi connectivity index (χ2v) is 8.08. The zero-order valence-corrected chi connectivity index (χ0v) is 15.9. The average molecular weight is 403 g/mol. The molecule has 0 N–H and O–H groups in total. The van der Waals surface area contributed by atoms with Gasteiger partial charge in [0.25, 0.3) is 0 Å². The highest BCUT2D eigenvalue weighted by atomic mass is 35.5. The van der Waals surface area contributed by atoms with E-state index < -0.39 is 0 Å². The molecule has 28 heavy (non-hydrogen) atoms. The number of aromatic nitrogens is 2. The second kappa shape index (κ2) is 5.67. The van der Waals surface area contributed by atoms with Crippen molar-refractivity contribution in [2.24, 2.45) is 0 Å². The van der Waals surface area contributed by atoms with Crippen LogP contribution in [0.1, 0.15) is 0 Å². The Bertz CT molecular complexity index is 1610. The number of hydrogen-bond donors (Lipinski definition) is 0. The molecular weight excluding hydrogens is 392 g/mol. The van der Waals surface area contributed by atoms with Crippen LogP contribution in [0.5, 0.6) is 0 Å². The van der Waals surface area contributed by atoms with Crippen LogP contribution in [0.3, 0.4) is 0 Å². The van der Waals surface area contributed by atoms with Crippen LogP contribution in [0.15, 0.2) is 76.1 Å². The van der Waals surface area contributed by atoms with Gasteiger partial charge in [0.1, 0.15) is 5.58 Å². The first kappa shape index (κ1) is 15.9. The number of nitrogens with zero attached hydrogens (tertiary/aromatic N) is 2. The highest BCUT2D eigenvalue weighted by Crippen LogP contribution is 2.32. The number of rotatable bonds is 1. The number of imidazole rings is 1. The maximum Gasteiger partial charge on any atom is 0.345 e. The van der Waals surface area contributed by atoms with Crippen molar-refractivity contribution in [3.05, 3.63) is 82.3 Å². The predicted octanol–water partition coefficient (Wildman–Crippen LogP) is 6.13. The first-order chi connectivity index (χ1) is 13.7. The number of benzene rings is 3. The van der Waals surface area contributed by atoms with Gasteiger partial charge in [0.05, 0.1) is 21.5 Å². The van der Waals surface area contributed by atoms with E-state index in [-0.39, 0.29) is 5.63 Å². The van der Waals surface area contributed by atoms with Crippen LogP contribution < -0.4 is 5.63 Å². The van der Waals surface area contributed by atoms with E-state index in [0.717, 1.165) is 31.3 Å². The summed E-state index contributed by atoms with van der Waals surface area (Å²) in [5.74, 6) is 0. The lowest BCUT2D eigenvalue weighted by Gasteiger charge is -2.04. The molecule has 0 unspecified atom stereocenters. The van der Waals surface area contributed by atoms with Crippen LogP contribution in [-0.2, 0) is 0 Å². The molecule has 0 amide bonds. The van der Waals surface area contributed by atoms with E-state index in [1.54, 1.807) is 0 Å². The van der Waals surface area contributed by atoms with Crippen molar-refractivity contribution in [3.63, 3.8) is 0 Å². The summed E-state index contributed by atoms with van der Waals surface area (Å²) >= 11 is 7.63. The monoisotopic (exact) mass is 402 g/mol. The molecule has 0 radical (unpaired) electrons. The predicted molar refractivity (Wildman–Crippen MR) is 115 cm³/mol. The summed E-state index contributed by atoms with van der Waals surface area (Å²) in [5, 5.41) is 3.74. The fourth-order valence-electron chi connectivity index (χ4n) is 3.65. The van der Waals surface area contributed by atoms with Gasteiger partial charge in [-0.1, -0.05) is 53.3 Å². The molecule has 0 aliphatic carbocycles. The molecule has 0 aliphatic rings. The molecule has 3 aromatic carbocycles. The Morgan fingerprint density at radius 2 is 1.89 bits per heavy atom. The molecule has 6 heteroatoms. The van der Waals surface area contributed by atoms with Crippen molar-refractivity contribution < 1.29 is 4.42 Å². The van der Waals surface area contributed by atoms with Gasteiger partial charge in [-0.05, 0) is 41.1 Å². The zero-order valence-electron chi connectivity index (χ0n) is 14.3. The number of thiazole rings is 1. The normalized spacial score (nSPS) is 11.9. The third-order valence-corrected chi connectivity index (χ3v) is 6.23. The van der Waals surface area contributed by atoms with Crippen LogP contribution in [-0.4, -0.2) is 9.38 Å². The molecule has 3 heterocycles. The Hall–Kier alpha value is -3.15. The maximum absolute atomic E-state index is 12.6. The number of halogens is 1. The lowest BCUT2D eigenvalue weighted by molar-refractivity contribution is 0.563. The minimum Gasteiger partial charge on any atom is -0.422 e. The van der Waals surface area contributed by atoms with Gasteiger partial charge in [0.2, 0.25) is 0 Å². The van der Waals surface area contributed by atoms with E-state index in [0.29, 0.717) is 21.9 Å². The molecule has 0 fully saturated rings. The van der Waals surface area contributed by atoms with E-state index in [1.165, 1.54) is 11.3 Å². The molecule has 6 rings (SSSR count). The van der Waals surface area contributed by atoms with Crippen molar-refractivity contribution in [3.8, 4) is 11.3 Å². The van der Waals surface area contributed by atoms with E-state index in [1.807, 2.05) is 71.3 Å². The van der Waals surface area contributed by atoms with Gasteiger partial charge < -0.3 is 4.42 Å². The van der Waals surface area contributed by atoms with E-state index in [2.05, 4.69) is 4.98 Å². The Morgan fingerprint density at radius 1 is 1.00 bits per heavy atom. The first-order valence-corrected chi connectivity index (χ1v) is 9.90. The smallest absolute Gasteiger partial charge is 0.345 e. The standard InChI is InChI=1S/C22H11ClN2O2S/c23-13-6-7-18-20(9-13)28-22-24-17(11-25(18)22)16-10-15-14-4-2-1-3-12(14)5-8-19(15)27-21(16)26/h1-11H. The second-order valence-electron chi connectivity index (χ2n) is 6.64. The third-order valence-electron chi connectivity index (χ3n) is 4.97. The van der Waals surface area contributed by atoms with Gasteiger partial charge in [-0.2, -0.15) is 0 Å². The molecule has 134 valence electrons. The summed E-state index contributed by atoms with van der Waals surface area (Å²) in [5.41, 5.74) is 2.27. The molecule has 0 atom stereocenters. The Kier molecular flexibility index (Phi) is 3.21. The molecule has 6 aromatic rings. The van der Waals surface area contributed by atoms with E-state index >= 15 is 0 Å². The number of hydrogen-bond acceptors (Lipinski definition) is 4. The summed E-state index contributed by atoms with van der Waals surface area (Å²) in [6.45, 7) is 0. The molecule has 4 nitrogen and oxygen atoms in total. The highest BCUT2D eigenvalue weighted by Gasteiger charge is 2.15. The lowest BCUT2D eigenvalue weighted by atomic mass is 10.0. The zero-order chi connectivity index (χ0) is 18.8. The lowest BCUT2D eigenvalue weighted by Crippen LogP contribution is -2.03. The van der Waals surface area contributed by atoms with Gasteiger partial charge in [-0.3, -0.25) is 4.40 Å². The molecule has 0 saturated heterocycles.